The second-order valence-electron chi connectivity index (χ2n) is 4.24. The molecule has 1 aromatic heterocycles. The molecule has 2 nitrogen and oxygen atoms in total. The molecule has 1 aliphatic rings. The molecule has 1 N–H and O–H groups in total. The zero-order chi connectivity index (χ0) is 10.7. The van der Waals surface area contributed by atoms with Crippen molar-refractivity contribution in [3.8, 4) is 0 Å². The van der Waals surface area contributed by atoms with E-state index in [9.17, 15) is 9.50 Å². The molecule has 1 fully saturated rings. The molecule has 0 spiro atoms. The number of pyridine rings is 1. The van der Waals surface area contributed by atoms with Crippen molar-refractivity contribution >= 4 is 0 Å². The van der Waals surface area contributed by atoms with E-state index in [1.165, 1.54) is 18.8 Å². The molecule has 0 bridgehead atoms. The third-order valence-electron chi connectivity index (χ3n) is 3.22. The zero-order valence-corrected chi connectivity index (χ0v) is 8.69. The fraction of sp³-hybridized carbons (Fsp3) is 0.583. The van der Waals surface area contributed by atoms with Crippen molar-refractivity contribution < 1.29 is 9.50 Å². The van der Waals surface area contributed by atoms with Gasteiger partial charge in [0.15, 0.2) is 0 Å². The van der Waals surface area contributed by atoms with Crippen LogP contribution >= 0.6 is 0 Å². The summed E-state index contributed by atoms with van der Waals surface area (Å²) in [6.45, 7) is 0. The van der Waals surface area contributed by atoms with Gasteiger partial charge < -0.3 is 5.11 Å². The molecule has 1 saturated carbocycles. The lowest BCUT2D eigenvalue weighted by Crippen LogP contribution is -2.17. The van der Waals surface area contributed by atoms with Crippen LogP contribution in [0.1, 0.15) is 43.8 Å². The van der Waals surface area contributed by atoms with Crippen molar-refractivity contribution in [3.63, 3.8) is 0 Å². The number of aromatic nitrogens is 1. The van der Waals surface area contributed by atoms with E-state index in [1.807, 2.05) is 0 Å². The lowest BCUT2D eigenvalue weighted by Gasteiger charge is -2.26. The molecule has 1 atom stereocenters. The van der Waals surface area contributed by atoms with E-state index in [-0.39, 0.29) is 5.92 Å². The first kappa shape index (κ1) is 10.6. The lowest BCUT2D eigenvalue weighted by molar-refractivity contribution is 0.0815. The summed E-state index contributed by atoms with van der Waals surface area (Å²) >= 11 is 0. The molecule has 3 heteroatoms. The number of aliphatic hydroxyl groups excluding tert-OH is 1. The van der Waals surface area contributed by atoms with Crippen LogP contribution in [0, 0.1) is 11.7 Å². The Labute approximate surface area is 89.2 Å². The highest BCUT2D eigenvalue weighted by Crippen LogP contribution is 2.34. The fourth-order valence-corrected chi connectivity index (χ4v) is 2.33. The quantitative estimate of drug-likeness (QED) is 0.812. The van der Waals surface area contributed by atoms with Gasteiger partial charge in [-0.15, -0.1) is 0 Å². The van der Waals surface area contributed by atoms with Crippen LogP contribution in [0.2, 0.25) is 0 Å². The molecule has 82 valence electrons. The van der Waals surface area contributed by atoms with E-state index >= 15 is 0 Å². The number of aliphatic hydroxyl groups is 1. The summed E-state index contributed by atoms with van der Waals surface area (Å²) < 4.78 is 13.4. The average Bonchev–Trinajstić information content (AvgIpc) is 2.30. The van der Waals surface area contributed by atoms with Gasteiger partial charge in [-0.3, -0.25) is 4.98 Å². The minimum atomic E-state index is -0.659. The van der Waals surface area contributed by atoms with Crippen molar-refractivity contribution in [1.82, 2.24) is 4.98 Å². The zero-order valence-electron chi connectivity index (χ0n) is 8.69. The molecule has 0 amide bonds. The van der Waals surface area contributed by atoms with Gasteiger partial charge in [-0.25, -0.2) is 4.39 Å². The number of hydrogen-bond donors (Lipinski definition) is 1. The molecular formula is C12H16FNO. The highest BCUT2D eigenvalue weighted by molar-refractivity contribution is 5.16. The van der Waals surface area contributed by atoms with Crippen molar-refractivity contribution in [1.29, 1.82) is 0 Å². The molecule has 0 aliphatic heterocycles. The van der Waals surface area contributed by atoms with Crippen LogP contribution in [-0.2, 0) is 0 Å². The molecule has 1 unspecified atom stereocenters. The molecule has 1 aromatic rings. The maximum absolute atomic E-state index is 13.4. The normalized spacial score (nSPS) is 20.1. The van der Waals surface area contributed by atoms with Crippen LogP contribution < -0.4 is 0 Å². The van der Waals surface area contributed by atoms with Crippen LogP contribution in [0.3, 0.4) is 0 Å². The summed E-state index contributed by atoms with van der Waals surface area (Å²) in [7, 11) is 0. The van der Waals surface area contributed by atoms with Crippen molar-refractivity contribution in [2.24, 2.45) is 5.92 Å². The Bertz CT molecular complexity index is 323. The van der Waals surface area contributed by atoms with Crippen LogP contribution in [0.4, 0.5) is 4.39 Å². The molecule has 15 heavy (non-hydrogen) atoms. The summed E-state index contributed by atoms with van der Waals surface area (Å²) in [5, 5.41) is 10.1. The Balaban J connectivity index is 2.12. The van der Waals surface area contributed by atoms with E-state index in [0.717, 1.165) is 25.7 Å². The minimum absolute atomic E-state index is 0.218. The van der Waals surface area contributed by atoms with Crippen molar-refractivity contribution in [2.75, 3.05) is 0 Å². The van der Waals surface area contributed by atoms with Crippen LogP contribution in [0.25, 0.3) is 0 Å². The number of rotatable bonds is 2. The Hall–Kier alpha value is -0.960. The first-order valence-corrected chi connectivity index (χ1v) is 5.56. The second-order valence-corrected chi connectivity index (χ2v) is 4.24. The van der Waals surface area contributed by atoms with Gasteiger partial charge in [0.2, 0.25) is 0 Å². The highest BCUT2D eigenvalue weighted by atomic mass is 19.1. The van der Waals surface area contributed by atoms with Crippen LogP contribution in [0.5, 0.6) is 0 Å². The summed E-state index contributed by atoms with van der Waals surface area (Å²) in [6.07, 6.45) is 7.58. The maximum atomic E-state index is 13.4. The predicted octanol–water partition coefficient (Wildman–Crippen LogP) is 2.83. The van der Waals surface area contributed by atoms with Gasteiger partial charge in [-0.1, -0.05) is 19.3 Å². The van der Waals surface area contributed by atoms with Gasteiger partial charge >= 0.3 is 0 Å². The Morgan fingerprint density at radius 1 is 1.33 bits per heavy atom. The van der Waals surface area contributed by atoms with Gasteiger partial charge in [-0.2, -0.15) is 0 Å². The summed E-state index contributed by atoms with van der Waals surface area (Å²) in [6, 6.07) is 1.58. The standard InChI is InChI=1S/C12H16FNO/c13-11-8-14-7-6-10(11)12(15)9-4-2-1-3-5-9/h6-9,12,15H,1-5H2. The van der Waals surface area contributed by atoms with Gasteiger partial charge in [0.1, 0.15) is 5.82 Å². The largest absolute Gasteiger partial charge is 0.388 e. The molecule has 0 radical (unpaired) electrons. The van der Waals surface area contributed by atoms with Gasteiger partial charge in [0.25, 0.3) is 0 Å². The van der Waals surface area contributed by atoms with E-state index < -0.39 is 11.9 Å². The second kappa shape index (κ2) is 4.71. The topological polar surface area (TPSA) is 33.1 Å². The molecule has 2 rings (SSSR count). The van der Waals surface area contributed by atoms with E-state index in [4.69, 9.17) is 0 Å². The molecular weight excluding hydrogens is 193 g/mol. The first-order chi connectivity index (χ1) is 7.29. The van der Waals surface area contributed by atoms with Crippen LogP contribution in [0.15, 0.2) is 18.5 Å². The third kappa shape index (κ3) is 2.34. The van der Waals surface area contributed by atoms with E-state index in [2.05, 4.69) is 4.98 Å². The summed E-state index contributed by atoms with van der Waals surface area (Å²) in [5.74, 6) is -0.175. The number of halogens is 1. The smallest absolute Gasteiger partial charge is 0.147 e. The van der Waals surface area contributed by atoms with Gasteiger partial charge in [0.05, 0.1) is 12.3 Å². The summed E-state index contributed by atoms with van der Waals surface area (Å²) in [5.41, 5.74) is 0.400. The molecule has 0 saturated heterocycles. The average molecular weight is 209 g/mol. The maximum Gasteiger partial charge on any atom is 0.147 e. The third-order valence-corrected chi connectivity index (χ3v) is 3.22. The summed E-state index contributed by atoms with van der Waals surface area (Å²) in [4.78, 5) is 3.69. The van der Waals surface area contributed by atoms with E-state index in [1.54, 1.807) is 6.07 Å². The molecule has 1 heterocycles. The first-order valence-electron chi connectivity index (χ1n) is 5.56. The van der Waals surface area contributed by atoms with Gasteiger partial charge in [-0.05, 0) is 24.8 Å². The van der Waals surface area contributed by atoms with E-state index in [0.29, 0.717) is 5.56 Å². The highest BCUT2D eigenvalue weighted by Gasteiger charge is 2.24. The predicted molar refractivity (Wildman–Crippen MR) is 55.7 cm³/mol. The number of nitrogens with zero attached hydrogens (tertiary/aromatic N) is 1. The number of hydrogen-bond acceptors (Lipinski definition) is 2. The monoisotopic (exact) mass is 209 g/mol. The van der Waals surface area contributed by atoms with Crippen molar-refractivity contribution in [3.05, 3.63) is 29.8 Å². The molecule has 0 aromatic carbocycles. The lowest BCUT2D eigenvalue weighted by atomic mass is 9.83. The Morgan fingerprint density at radius 2 is 2.07 bits per heavy atom. The van der Waals surface area contributed by atoms with Crippen molar-refractivity contribution in [2.45, 2.75) is 38.2 Å². The van der Waals surface area contributed by atoms with Gasteiger partial charge in [0, 0.05) is 11.8 Å². The fourth-order valence-electron chi connectivity index (χ4n) is 2.33. The van der Waals surface area contributed by atoms with Crippen LogP contribution in [-0.4, -0.2) is 10.1 Å². The Kier molecular flexibility index (Phi) is 3.31. The SMILES string of the molecule is OC(c1ccncc1F)C1CCCCC1. The minimum Gasteiger partial charge on any atom is -0.388 e. The molecule has 1 aliphatic carbocycles. The Morgan fingerprint density at radius 3 is 2.73 bits per heavy atom.